The molecule has 1 unspecified atom stereocenters. The van der Waals surface area contributed by atoms with Gasteiger partial charge in [-0.05, 0) is 26.0 Å². The lowest BCUT2D eigenvalue weighted by atomic mass is 10.2. The number of carbonyl (C=O) groups is 1. The van der Waals surface area contributed by atoms with E-state index in [1.807, 2.05) is 56.3 Å². The van der Waals surface area contributed by atoms with Crippen LogP contribution < -0.4 is 5.32 Å². The summed E-state index contributed by atoms with van der Waals surface area (Å²) in [5.74, 6) is -0.183. The molecule has 0 spiro atoms. The first-order valence-electron chi connectivity index (χ1n) is 7.38. The topological polar surface area (TPSA) is 54.9 Å². The van der Waals surface area contributed by atoms with Gasteiger partial charge < -0.3 is 5.32 Å². The third-order valence-electron chi connectivity index (χ3n) is 3.51. The molecule has 0 aliphatic heterocycles. The van der Waals surface area contributed by atoms with Crippen LogP contribution >= 0.6 is 11.3 Å². The van der Waals surface area contributed by atoms with E-state index in [0.717, 1.165) is 16.3 Å². The Labute approximate surface area is 139 Å². The molecule has 4 nitrogen and oxygen atoms in total. The number of carbonyl (C=O) groups excluding carboxylic acids is 1. The predicted molar refractivity (Wildman–Crippen MR) is 92.4 cm³/mol. The number of benzene rings is 1. The van der Waals surface area contributed by atoms with E-state index in [4.69, 9.17) is 0 Å². The Kier molecular flexibility index (Phi) is 4.48. The predicted octanol–water partition coefficient (Wildman–Crippen LogP) is 4.00. The van der Waals surface area contributed by atoms with Crippen LogP contribution in [0.2, 0.25) is 0 Å². The van der Waals surface area contributed by atoms with Crippen LogP contribution in [0, 0.1) is 6.92 Å². The second-order valence-corrected chi connectivity index (χ2v) is 6.21. The monoisotopic (exact) mass is 323 g/mol. The van der Waals surface area contributed by atoms with Gasteiger partial charge in [-0.1, -0.05) is 35.9 Å². The normalized spacial score (nSPS) is 11.9. The largest absolute Gasteiger partial charge is 0.343 e. The fourth-order valence-corrected chi connectivity index (χ4v) is 2.99. The van der Waals surface area contributed by atoms with Crippen molar-refractivity contribution in [2.75, 3.05) is 0 Å². The molecule has 0 aliphatic carbocycles. The molecule has 0 saturated carbocycles. The third-order valence-corrected chi connectivity index (χ3v) is 4.41. The number of amides is 1. The van der Waals surface area contributed by atoms with E-state index in [1.54, 1.807) is 11.6 Å². The van der Waals surface area contributed by atoms with Crippen LogP contribution in [-0.4, -0.2) is 15.9 Å². The van der Waals surface area contributed by atoms with Gasteiger partial charge in [0, 0.05) is 17.1 Å². The van der Waals surface area contributed by atoms with Gasteiger partial charge in [-0.25, -0.2) is 4.98 Å². The molecule has 3 aromatic rings. The molecule has 2 heterocycles. The molecule has 116 valence electrons. The Hall–Kier alpha value is -2.53. The van der Waals surface area contributed by atoms with Crippen molar-refractivity contribution in [3.8, 4) is 10.6 Å². The maximum Gasteiger partial charge on any atom is 0.271 e. The first-order valence-corrected chi connectivity index (χ1v) is 8.26. The van der Waals surface area contributed by atoms with Gasteiger partial charge in [0.05, 0.1) is 11.7 Å². The molecular formula is C18H17N3OS. The summed E-state index contributed by atoms with van der Waals surface area (Å²) in [4.78, 5) is 21.0. The van der Waals surface area contributed by atoms with Gasteiger partial charge in [-0.2, -0.15) is 0 Å². The van der Waals surface area contributed by atoms with Crippen LogP contribution in [0.5, 0.6) is 0 Å². The van der Waals surface area contributed by atoms with Crippen LogP contribution in [0.15, 0.2) is 54.0 Å². The van der Waals surface area contributed by atoms with Crippen LogP contribution in [0.25, 0.3) is 10.6 Å². The molecule has 1 amide bonds. The number of hydrogen-bond donors (Lipinski definition) is 1. The zero-order valence-corrected chi connectivity index (χ0v) is 13.8. The maximum absolute atomic E-state index is 12.3. The summed E-state index contributed by atoms with van der Waals surface area (Å²) in [7, 11) is 0. The van der Waals surface area contributed by atoms with E-state index in [-0.39, 0.29) is 11.9 Å². The summed E-state index contributed by atoms with van der Waals surface area (Å²) in [6.45, 7) is 3.96. The van der Waals surface area contributed by atoms with Crippen molar-refractivity contribution in [2.24, 2.45) is 0 Å². The number of hydrogen-bond acceptors (Lipinski definition) is 4. The van der Waals surface area contributed by atoms with Crippen molar-refractivity contribution in [3.05, 3.63) is 71.0 Å². The second-order valence-electron chi connectivity index (χ2n) is 5.35. The third kappa shape index (κ3) is 3.63. The van der Waals surface area contributed by atoms with E-state index < -0.39 is 0 Å². The lowest BCUT2D eigenvalue weighted by Gasteiger charge is -2.11. The number of nitrogens with one attached hydrogen (secondary N) is 1. The molecule has 0 bridgehead atoms. The molecule has 5 heteroatoms. The minimum absolute atomic E-state index is 0.159. The molecule has 0 saturated heterocycles. The average Bonchev–Trinajstić information content (AvgIpc) is 3.06. The first kappa shape index (κ1) is 15.4. The Balaban J connectivity index is 1.72. The highest BCUT2D eigenvalue weighted by molar-refractivity contribution is 7.13. The van der Waals surface area contributed by atoms with Crippen molar-refractivity contribution in [1.29, 1.82) is 0 Å². The highest BCUT2D eigenvalue weighted by atomic mass is 32.1. The van der Waals surface area contributed by atoms with Gasteiger partial charge in [0.2, 0.25) is 0 Å². The summed E-state index contributed by atoms with van der Waals surface area (Å²) < 4.78 is 0. The minimum Gasteiger partial charge on any atom is -0.343 e. The van der Waals surface area contributed by atoms with Gasteiger partial charge in [-0.3, -0.25) is 9.78 Å². The van der Waals surface area contributed by atoms with Crippen molar-refractivity contribution in [3.63, 3.8) is 0 Å². The van der Waals surface area contributed by atoms with E-state index in [0.29, 0.717) is 5.69 Å². The molecule has 0 radical (unpaired) electrons. The van der Waals surface area contributed by atoms with Crippen molar-refractivity contribution < 1.29 is 4.79 Å². The lowest BCUT2D eigenvalue weighted by Crippen LogP contribution is -2.27. The standard InChI is InChI=1S/C18H17N3OS/c1-12-6-8-14(9-7-12)18-21-16(11-23-18)17(22)20-13(2)15-5-3-4-10-19-15/h3-11,13H,1-2H3,(H,20,22). The summed E-state index contributed by atoms with van der Waals surface area (Å²) in [6, 6.07) is 13.6. The smallest absolute Gasteiger partial charge is 0.271 e. The van der Waals surface area contributed by atoms with Crippen molar-refractivity contribution >= 4 is 17.2 Å². The van der Waals surface area contributed by atoms with Crippen LogP contribution in [0.4, 0.5) is 0 Å². The maximum atomic E-state index is 12.3. The fourth-order valence-electron chi connectivity index (χ4n) is 2.18. The zero-order chi connectivity index (χ0) is 16.2. The molecular weight excluding hydrogens is 306 g/mol. The number of thiazole rings is 1. The number of aryl methyl sites for hydroxylation is 1. The average molecular weight is 323 g/mol. The van der Waals surface area contributed by atoms with Gasteiger partial charge in [-0.15, -0.1) is 11.3 Å². The number of pyridine rings is 1. The Morgan fingerprint density at radius 3 is 2.65 bits per heavy atom. The van der Waals surface area contributed by atoms with Gasteiger partial charge in [0.1, 0.15) is 10.7 Å². The fraction of sp³-hybridized carbons (Fsp3) is 0.167. The summed E-state index contributed by atoms with van der Waals surface area (Å²) in [5, 5.41) is 5.56. The second kappa shape index (κ2) is 6.71. The molecule has 0 fully saturated rings. The quantitative estimate of drug-likeness (QED) is 0.789. The Morgan fingerprint density at radius 1 is 1.17 bits per heavy atom. The minimum atomic E-state index is -0.183. The van der Waals surface area contributed by atoms with Crippen molar-refractivity contribution in [2.45, 2.75) is 19.9 Å². The van der Waals surface area contributed by atoms with Gasteiger partial charge in [0.15, 0.2) is 0 Å². The van der Waals surface area contributed by atoms with Crippen LogP contribution in [0.3, 0.4) is 0 Å². The highest BCUT2D eigenvalue weighted by Crippen LogP contribution is 2.24. The first-order chi connectivity index (χ1) is 11.1. The molecule has 1 N–H and O–H groups in total. The molecule has 1 atom stereocenters. The summed E-state index contributed by atoms with van der Waals surface area (Å²) in [6.07, 6.45) is 1.72. The zero-order valence-electron chi connectivity index (χ0n) is 13.0. The summed E-state index contributed by atoms with van der Waals surface area (Å²) in [5.41, 5.74) is 3.49. The Morgan fingerprint density at radius 2 is 1.96 bits per heavy atom. The van der Waals surface area contributed by atoms with Gasteiger partial charge >= 0.3 is 0 Å². The van der Waals surface area contributed by atoms with E-state index in [2.05, 4.69) is 15.3 Å². The molecule has 23 heavy (non-hydrogen) atoms. The van der Waals surface area contributed by atoms with Crippen LogP contribution in [-0.2, 0) is 0 Å². The Bertz CT molecular complexity index is 797. The number of aromatic nitrogens is 2. The number of rotatable bonds is 4. The van der Waals surface area contributed by atoms with Crippen molar-refractivity contribution in [1.82, 2.24) is 15.3 Å². The summed E-state index contributed by atoms with van der Waals surface area (Å²) >= 11 is 1.47. The van der Waals surface area contributed by atoms with E-state index >= 15 is 0 Å². The number of nitrogens with zero attached hydrogens (tertiary/aromatic N) is 2. The molecule has 0 aliphatic rings. The molecule has 2 aromatic heterocycles. The molecule has 3 rings (SSSR count). The van der Waals surface area contributed by atoms with Gasteiger partial charge in [0.25, 0.3) is 5.91 Å². The van der Waals surface area contributed by atoms with E-state index in [1.165, 1.54) is 16.9 Å². The van der Waals surface area contributed by atoms with Crippen LogP contribution in [0.1, 0.15) is 34.7 Å². The molecule has 1 aromatic carbocycles. The van der Waals surface area contributed by atoms with E-state index in [9.17, 15) is 4.79 Å². The highest BCUT2D eigenvalue weighted by Gasteiger charge is 2.15. The lowest BCUT2D eigenvalue weighted by molar-refractivity contribution is 0.0935. The SMILES string of the molecule is Cc1ccc(-c2nc(C(=O)NC(C)c3ccccn3)cs2)cc1.